The van der Waals surface area contributed by atoms with Gasteiger partial charge in [-0.3, -0.25) is 0 Å². The van der Waals surface area contributed by atoms with Gasteiger partial charge in [-0.25, -0.2) is 0 Å². The molecule has 0 saturated carbocycles. The van der Waals surface area contributed by atoms with Crippen molar-refractivity contribution >= 4 is 12.4 Å². The van der Waals surface area contributed by atoms with Crippen molar-refractivity contribution in [1.82, 2.24) is 5.32 Å². The summed E-state index contributed by atoms with van der Waals surface area (Å²) in [7, 11) is 1.69. The largest absolute Gasteiger partial charge is 0.497 e. The molecule has 0 aromatic heterocycles. The van der Waals surface area contributed by atoms with E-state index >= 15 is 0 Å². The fourth-order valence-corrected chi connectivity index (χ4v) is 1.21. The van der Waals surface area contributed by atoms with Crippen LogP contribution in [0.4, 0.5) is 0 Å². The first-order chi connectivity index (χ1) is 7.07. The Morgan fingerprint density at radius 1 is 1.19 bits per heavy atom. The minimum atomic E-state index is 0. The Bertz CT molecular complexity index is 295. The van der Waals surface area contributed by atoms with E-state index in [9.17, 15) is 0 Å². The second-order valence-electron chi connectivity index (χ2n) is 4.44. The fourth-order valence-electron chi connectivity index (χ4n) is 1.21. The van der Waals surface area contributed by atoms with E-state index in [4.69, 9.17) is 4.74 Å². The van der Waals surface area contributed by atoms with Gasteiger partial charge < -0.3 is 10.1 Å². The lowest BCUT2D eigenvalue weighted by atomic mass is 10.0. The van der Waals surface area contributed by atoms with E-state index in [1.54, 1.807) is 7.11 Å². The maximum Gasteiger partial charge on any atom is 0.118 e. The van der Waals surface area contributed by atoms with Gasteiger partial charge in [0.25, 0.3) is 0 Å². The third-order valence-corrected chi connectivity index (χ3v) is 2.81. The van der Waals surface area contributed by atoms with Crippen LogP contribution in [0.25, 0.3) is 0 Å². The van der Waals surface area contributed by atoms with Crippen LogP contribution in [0.3, 0.4) is 0 Å². The summed E-state index contributed by atoms with van der Waals surface area (Å²) >= 11 is 0. The van der Waals surface area contributed by atoms with Crippen molar-refractivity contribution in [2.45, 2.75) is 39.3 Å². The molecule has 0 fully saturated rings. The van der Waals surface area contributed by atoms with Gasteiger partial charge in [-0.1, -0.05) is 19.1 Å². The number of ether oxygens (including phenoxy) is 1. The zero-order valence-electron chi connectivity index (χ0n) is 10.5. The van der Waals surface area contributed by atoms with Gasteiger partial charge in [-0.2, -0.15) is 0 Å². The Morgan fingerprint density at radius 3 is 2.19 bits per heavy atom. The monoisotopic (exact) mass is 243 g/mol. The van der Waals surface area contributed by atoms with Crippen LogP contribution in [0.15, 0.2) is 24.3 Å². The summed E-state index contributed by atoms with van der Waals surface area (Å²) in [6.07, 6.45) is 1.13. The highest BCUT2D eigenvalue weighted by Crippen LogP contribution is 2.13. The quantitative estimate of drug-likeness (QED) is 0.856. The smallest absolute Gasteiger partial charge is 0.118 e. The van der Waals surface area contributed by atoms with E-state index in [2.05, 4.69) is 38.2 Å². The molecule has 0 spiro atoms. The minimum absolute atomic E-state index is 0. The molecule has 3 heteroatoms. The Balaban J connectivity index is 0.00000225. The van der Waals surface area contributed by atoms with Gasteiger partial charge in [0.2, 0.25) is 0 Å². The molecule has 0 atom stereocenters. The fraction of sp³-hybridized carbons (Fsp3) is 0.538. The van der Waals surface area contributed by atoms with Crippen LogP contribution in [0.2, 0.25) is 0 Å². The molecule has 1 aromatic rings. The summed E-state index contributed by atoms with van der Waals surface area (Å²) in [4.78, 5) is 0. The Kier molecular flexibility index (Phi) is 6.46. The molecule has 0 radical (unpaired) electrons. The first-order valence-electron chi connectivity index (χ1n) is 5.45. The van der Waals surface area contributed by atoms with Gasteiger partial charge in [0, 0.05) is 12.1 Å². The zero-order valence-corrected chi connectivity index (χ0v) is 11.4. The summed E-state index contributed by atoms with van der Waals surface area (Å²) in [6.45, 7) is 7.54. The Labute approximate surface area is 105 Å². The van der Waals surface area contributed by atoms with E-state index in [1.165, 1.54) is 5.56 Å². The van der Waals surface area contributed by atoms with Gasteiger partial charge in [0.15, 0.2) is 0 Å². The standard InChI is InChI=1S/C13H21NO.ClH/c1-5-13(2,3)14-10-11-6-8-12(15-4)9-7-11;/h6-9,14H,5,10H2,1-4H3;1H. The summed E-state index contributed by atoms with van der Waals surface area (Å²) in [5, 5.41) is 3.52. The van der Waals surface area contributed by atoms with Crippen molar-refractivity contribution < 1.29 is 4.74 Å². The summed E-state index contributed by atoms with van der Waals surface area (Å²) < 4.78 is 5.12. The molecule has 0 amide bonds. The number of methoxy groups -OCH3 is 1. The predicted octanol–water partition coefficient (Wildman–Crippen LogP) is 3.40. The SMILES string of the molecule is CCC(C)(C)NCc1ccc(OC)cc1.Cl. The van der Waals surface area contributed by atoms with Crippen LogP contribution in [0.5, 0.6) is 5.75 Å². The Morgan fingerprint density at radius 2 is 1.75 bits per heavy atom. The maximum absolute atomic E-state index is 5.12. The normalized spacial score (nSPS) is 10.8. The molecule has 1 N–H and O–H groups in total. The van der Waals surface area contributed by atoms with E-state index in [0.717, 1.165) is 18.7 Å². The molecule has 1 rings (SSSR count). The molecule has 0 aliphatic carbocycles. The highest BCUT2D eigenvalue weighted by atomic mass is 35.5. The van der Waals surface area contributed by atoms with Gasteiger partial charge in [-0.15, -0.1) is 12.4 Å². The molecular formula is C13H22ClNO. The van der Waals surface area contributed by atoms with Crippen LogP contribution in [-0.2, 0) is 6.54 Å². The van der Waals surface area contributed by atoms with Crippen molar-refractivity contribution in [3.63, 3.8) is 0 Å². The lowest BCUT2D eigenvalue weighted by molar-refractivity contribution is 0.374. The first kappa shape index (κ1) is 15.3. The minimum Gasteiger partial charge on any atom is -0.497 e. The molecule has 0 aliphatic heterocycles. The van der Waals surface area contributed by atoms with Crippen LogP contribution >= 0.6 is 12.4 Å². The van der Waals surface area contributed by atoms with Crippen molar-refractivity contribution in [1.29, 1.82) is 0 Å². The van der Waals surface area contributed by atoms with Crippen LogP contribution < -0.4 is 10.1 Å². The van der Waals surface area contributed by atoms with Gasteiger partial charge in [0.1, 0.15) is 5.75 Å². The highest BCUT2D eigenvalue weighted by molar-refractivity contribution is 5.85. The average molecular weight is 244 g/mol. The zero-order chi connectivity index (χ0) is 11.3. The van der Waals surface area contributed by atoms with Crippen molar-refractivity contribution in [2.24, 2.45) is 0 Å². The molecule has 0 unspecified atom stereocenters. The number of hydrogen-bond acceptors (Lipinski definition) is 2. The third-order valence-electron chi connectivity index (χ3n) is 2.81. The number of nitrogens with one attached hydrogen (secondary N) is 1. The second kappa shape index (κ2) is 6.77. The maximum atomic E-state index is 5.12. The summed E-state index contributed by atoms with van der Waals surface area (Å²) in [6, 6.07) is 8.18. The summed E-state index contributed by atoms with van der Waals surface area (Å²) in [5.74, 6) is 0.911. The molecule has 2 nitrogen and oxygen atoms in total. The molecule has 16 heavy (non-hydrogen) atoms. The number of hydrogen-bond donors (Lipinski definition) is 1. The molecule has 0 bridgehead atoms. The van der Waals surface area contributed by atoms with E-state index in [-0.39, 0.29) is 17.9 Å². The van der Waals surface area contributed by atoms with Crippen LogP contribution in [0.1, 0.15) is 32.8 Å². The first-order valence-corrected chi connectivity index (χ1v) is 5.45. The molecule has 1 aromatic carbocycles. The topological polar surface area (TPSA) is 21.3 Å². The van der Waals surface area contributed by atoms with E-state index in [0.29, 0.717) is 0 Å². The third kappa shape index (κ3) is 4.86. The van der Waals surface area contributed by atoms with Gasteiger partial charge in [0.05, 0.1) is 7.11 Å². The van der Waals surface area contributed by atoms with Gasteiger partial charge in [-0.05, 0) is 38.0 Å². The summed E-state index contributed by atoms with van der Waals surface area (Å²) in [5.41, 5.74) is 1.50. The van der Waals surface area contributed by atoms with Crippen molar-refractivity contribution in [2.75, 3.05) is 7.11 Å². The molecule has 0 aliphatic rings. The predicted molar refractivity (Wildman–Crippen MR) is 71.5 cm³/mol. The number of rotatable bonds is 5. The molecule has 92 valence electrons. The van der Waals surface area contributed by atoms with Crippen molar-refractivity contribution in [3.05, 3.63) is 29.8 Å². The van der Waals surface area contributed by atoms with E-state index < -0.39 is 0 Å². The van der Waals surface area contributed by atoms with E-state index in [1.807, 2.05) is 12.1 Å². The van der Waals surface area contributed by atoms with Crippen LogP contribution in [-0.4, -0.2) is 12.6 Å². The highest BCUT2D eigenvalue weighted by Gasteiger charge is 2.12. The number of benzene rings is 1. The lowest BCUT2D eigenvalue weighted by Crippen LogP contribution is -2.37. The molecule has 0 heterocycles. The molecular weight excluding hydrogens is 222 g/mol. The van der Waals surface area contributed by atoms with Gasteiger partial charge >= 0.3 is 0 Å². The Hall–Kier alpha value is -0.730. The molecule has 0 saturated heterocycles. The number of halogens is 1. The van der Waals surface area contributed by atoms with Crippen molar-refractivity contribution in [3.8, 4) is 5.75 Å². The second-order valence-corrected chi connectivity index (χ2v) is 4.44. The van der Waals surface area contributed by atoms with Crippen LogP contribution in [0, 0.1) is 0 Å². The lowest BCUT2D eigenvalue weighted by Gasteiger charge is -2.24. The average Bonchev–Trinajstić information content (AvgIpc) is 2.27.